The molecule has 0 saturated carbocycles. The first-order valence-corrected chi connectivity index (χ1v) is 6.56. The van der Waals surface area contributed by atoms with Gasteiger partial charge in [-0.15, -0.1) is 0 Å². The Morgan fingerprint density at radius 1 is 1.19 bits per heavy atom. The van der Waals surface area contributed by atoms with Gasteiger partial charge in [0.25, 0.3) is 0 Å². The van der Waals surface area contributed by atoms with Gasteiger partial charge in [0.2, 0.25) is 0 Å². The molecule has 0 aliphatic heterocycles. The number of rotatable bonds is 3. The summed E-state index contributed by atoms with van der Waals surface area (Å²) in [5, 5.41) is 14.2. The van der Waals surface area contributed by atoms with Crippen molar-refractivity contribution in [1.82, 2.24) is 14.8 Å². The van der Waals surface area contributed by atoms with E-state index in [-0.39, 0.29) is 12.4 Å². The van der Waals surface area contributed by atoms with Crippen molar-refractivity contribution in [2.24, 2.45) is 0 Å². The highest BCUT2D eigenvalue weighted by Crippen LogP contribution is 2.29. The highest BCUT2D eigenvalue weighted by Gasteiger charge is 2.17. The number of aliphatic hydroxyl groups is 1. The van der Waals surface area contributed by atoms with E-state index in [2.05, 4.69) is 10.1 Å². The van der Waals surface area contributed by atoms with Gasteiger partial charge in [-0.05, 0) is 42.8 Å². The molecule has 2 heterocycles. The maximum atomic E-state index is 13.4. The first-order chi connectivity index (χ1) is 10.2. The lowest BCUT2D eigenvalue weighted by Crippen LogP contribution is -2.03. The van der Waals surface area contributed by atoms with Crippen LogP contribution in [0.1, 0.15) is 11.4 Å². The van der Waals surface area contributed by atoms with Crippen molar-refractivity contribution in [2.75, 3.05) is 0 Å². The van der Waals surface area contributed by atoms with E-state index in [1.54, 1.807) is 29.2 Å². The van der Waals surface area contributed by atoms with Gasteiger partial charge in [-0.3, -0.25) is 4.98 Å². The highest BCUT2D eigenvalue weighted by atomic mass is 19.1. The van der Waals surface area contributed by atoms with E-state index in [4.69, 9.17) is 0 Å². The Hall–Kier alpha value is -2.53. The van der Waals surface area contributed by atoms with Crippen LogP contribution in [0.5, 0.6) is 0 Å². The Balaban J connectivity index is 2.21. The van der Waals surface area contributed by atoms with Crippen molar-refractivity contribution in [2.45, 2.75) is 13.5 Å². The summed E-state index contributed by atoms with van der Waals surface area (Å²) in [5.41, 5.74) is 3.76. The predicted octanol–water partition coefficient (Wildman–Crippen LogP) is 2.87. The SMILES string of the molecule is Cc1nn(-c2cccc(F)c2)c(CO)c1-c1ccncc1. The average Bonchev–Trinajstić information content (AvgIpc) is 2.84. The van der Waals surface area contributed by atoms with Gasteiger partial charge in [-0.2, -0.15) is 5.10 Å². The van der Waals surface area contributed by atoms with Crippen LogP contribution in [-0.4, -0.2) is 19.9 Å². The fraction of sp³-hybridized carbons (Fsp3) is 0.125. The zero-order valence-corrected chi connectivity index (χ0v) is 11.5. The van der Waals surface area contributed by atoms with E-state index in [0.717, 1.165) is 16.8 Å². The van der Waals surface area contributed by atoms with Crippen LogP contribution in [0.4, 0.5) is 4.39 Å². The lowest BCUT2D eigenvalue weighted by Gasteiger charge is -2.07. The molecule has 0 unspecified atom stereocenters. The minimum Gasteiger partial charge on any atom is -0.390 e. The number of hydrogen-bond donors (Lipinski definition) is 1. The monoisotopic (exact) mass is 283 g/mol. The van der Waals surface area contributed by atoms with E-state index in [0.29, 0.717) is 11.4 Å². The molecule has 0 radical (unpaired) electrons. The number of halogens is 1. The summed E-state index contributed by atoms with van der Waals surface area (Å²) in [4.78, 5) is 3.99. The van der Waals surface area contributed by atoms with Crippen LogP contribution < -0.4 is 0 Å². The Morgan fingerprint density at radius 3 is 2.62 bits per heavy atom. The molecule has 0 atom stereocenters. The fourth-order valence-electron chi connectivity index (χ4n) is 2.44. The average molecular weight is 283 g/mol. The minimum atomic E-state index is -0.338. The molecule has 3 aromatic rings. The Kier molecular flexibility index (Phi) is 3.50. The molecule has 0 fully saturated rings. The van der Waals surface area contributed by atoms with Gasteiger partial charge in [0, 0.05) is 18.0 Å². The van der Waals surface area contributed by atoms with Crippen molar-refractivity contribution in [3.8, 4) is 16.8 Å². The number of hydrogen-bond acceptors (Lipinski definition) is 3. The smallest absolute Gasteiger partial charge is 0.125 e. The molecule has 5 heteroatoms. The fourth-order valence-corrected chi connectivity index (χ4v) is 2.44. The molecule has 2 aromatic heterocycles. The van der Waals surface area contributed by atoms with Crippen LogP contribution in [0.2, 0.25) is 0 Å². The van der Waals surface area contributed by atoms with Gasteiger partial charge in [0.1, 0.15) is 5.82 Å². The minimum absolute atomic E-state index is 0.186. The van der Waals surface area contributed by atoms with Crippen molar-refractivity contribution < 1.29 is 9.50 Å². The summed E-state index contributed by atoms with van der Waals surface area (Å²) in [6, 6.07) is 9.86. The summed E-state index contributed by atoms with van der Waals surface area (Å²) < 4.78 is 15.0. The third-order valence-electron chi connectivity index (χ3n) is 3.33. The molecule has 1 aromatic carbocycles. The van der Waals surface area contributed by atoms with Crippen molar-refractivity contribution in [1.29, 1.82) is 0 Å². The topological polar surface area (TPSA) is 50.9 Å². The molecule has 106 valence electrons. The predicted molar refractivity (Wildman–Crippen MR) is 77.4 cm³/mol. The Morgan fingerprint density at radius 2 is 1.95 bits per heavy atom. The molecule has 0 spiro atoms. The standard InChI is InChI=1S/C16H14FN3O/c1-11-16(12-5-7-18-8-6-12)15(10-21)20(19-11)14-4-2-3-13(17)9-14/h2-9,21H,10H2,1H3. The summed E-state index contributed by atoms with van der Waals surface area (Å²) >= 11 is 0. The zero-order valence-electron chi connectivity index (χ0n) is 11.5. The molecular weight excluding hydrogens is 269 g/mol. The van der Waals surface area contributed by atoms with E-state index >= 15 is 0 Å². The third-order valence-corrected chi connectivity index (χ3v) is 3.33. The van der Waals surface area contributed by atoms with E-state index in [1.165, 1.54) is 12.1 Å². The van der Waals surface area contributed by atoms with Crippen LogP contribution in [0.25, 0.3) is 16.8 Å². The summed E-state index contributed by atoms with van der Waals surface area (Å²) in [6.07, 6.45) is 3.38. The van der Waals surface area contributed by atoms with E-state index < -0.39 is 0 Å². The Bertz CT molecular complexity index is 768. The molecule has 3 rings (SSSR count). The zero-order chi connectivity index (χ0) is 14.8. The maximum absolute atomic E-state index is 13.4. The van der Waals surface area contributed by atoms with Crippen LogP contribution >= 0.6 is 0 Å². The lowest BCUT2D eigenvalue weighted by molar-refractivity contribution is 0.273. The molecular formula is C16H14FN3O. The van der Waals surface area contributed by atoms with Crippen LogP contribution in [0.15, 0.2) is 48.8 Å². The van der Waals surface area contributed by atoms with Gasteiger partial charge in [0.15, 0.2) is 0 Å². The van der Waals surface area contributed by atoms with E-state index in [1.807, 2.05) is 19.1 Å². The third kappa shape index (κ3) is 2.43. The van der Waals surface area contributed by atoms with Crippen LogP contribution in [-0.2, 0) is 6.61 Å². The molecule has 0 aliphatic carbocycles. The van der Waals surface area contributed by atoms with Gasteiger partial charge < -0.3 is 5.11 Å². The maximum Gasteiger partial charge on any atom is 0.125 e. The highest BCUT2D eigenvalue weighted by molar-refractivity contribution is 5.69. The molecule has 0 bridgehead atoms. The first-order valence-electron chi connectivity index (χ1n) is 6.56. The lowest BCUT2D eigenvalue weighted by atomic mass is 10.1. The van der Waals surface area contributed by atoms with Crippen molar-refractivity contribution in [3.63, 3.8) is 0 Å². The van der Waals surface area contributed by atoms with E-state index in [9.17, 15) is 9.50 Å². The van der Waals surface area contributed by atoms with Crippen molar-refractivity contribution >= 4 is 0 Å². The summed E-state index contributed by atoms with van der Waals surface area (Å²) in [7, 11) is 0. The van der Waals surface area contributed by atoms with Gasteiger partial charge in [0.05, 0.1) is 23.7 Å². The number of nitrogens with zero attached hydrogens (tertiary/aromatic N) is 3. The van der Waals surface area contributed by atoms with Crippen LogP contribution in [0, 0.1) is 12.7 Å². The number of aryl methyl sites for hydroxylation is 1. The molecule has 1 N–H and O–H groups in total. The van der Waals surface area contributed by atoms with Crippen molar-refractivity contribution in [3.05, 3.63) is 66.0 Å². The largest absolute Gasteiger partial charge is 0.390 e. The number of benzene rings is 1. The van der Waals surface area contributed by atoms with Crippen LogP contribution in [0.3, 0.4) is 0 Å². The second-order valence-corrected chi connectivity index (χ2v) is 4.69. The number of aromatic nitrogens is 3. The molecule has 21 heavy (non-hydrogen) atoms. The normalized spacial score (nSPS) is 10.8. The second kappa shape index (κ2) is 5.46. The Labute approximate surface area is 121 Å². The summed E-state index contributed by atoms with van der Waals surface area (Å²) in [5.74, 6) is -0.338. The molecule has 0 amide bonds. The first kappa shape index (κ1) is 13.5. The molecule has 0 saturated heterocycles. The second-order valence-electron chi connectivity index (χ2n) is 4.69. The number of aliphatic hydroxyl groups excluding tert-OH is 1. The molecule has 0 aliphatic rings. The van der Waals surface area contributed by atoms with Gasteiger partial charge >= 0.3 is 0 Å². The van der Waals surface area contributed by atoms with Gasteiger partial charge in [-0.1, -0.05) is 6.07 Å². The summed E-state index contributed by atoms with van der Waals surface area (Å²) in [6.45, 7) is 1.68. The molecule has 4 nitrogen and oxygen atoms in total. The van der Waals surface area contributed by atoms with Gasteiger partial charge in [-0.25, -0.2) is 9.07 Å². The quantitative estimate of drug-likeness (QED) is 0.804. The number of pyridine rings is 1.